The molecule has 2 heteroatoms. The number of nitrogens with zero attached hydrogens (tertiary/aromatic N) is 1. The van der Waals surface area contributed by atoms with Crippen LogP contribution in [0.3, 0.4) is 0 Å². The minimum Gasteiger partial charge on any atom is -0.306 e. The summed E-state index contributed by atoms with van der Waals surface area (Å²) in [5.74, 6) is 0. The van der Waals surface area contributed by atoms with Gasteiger partial charge in [0.05, 0.1) is 0 Å². The SMILES string of the molecule is CCCCCC(NC1CCN2CCCC12)c1ccccc1. The summed E-state index contributed by atoms with van der Waals surface area (Å²) in [5.41, 5.74) is 1.48. The van der Waals surface area contributed by atoms with E-state index in [4.69, 9.17) is 0 Å². The highest BCUT2D eigenvalue weighted by Crippen LogP contribution is 2.30. The zero-order chi connectivity index (χ0) is 14.5. The highest BCUT2D eigenvalue weighted by molar-refractivity contribution is 5.19. The fourth-order valence-electron chi connectivity index (χ4n) is 4.17. The van der Waals surface area contributed by atoms with E-state index >= 15 is 0 Å². The molecule has 1 N–H and O–H groups in total. The van der Waals surface area contributed by atoms with Gasteiger partial charge in [-0.25, -0.2) is 0 Å². The monoisotopic (exact) mass is 286 g/mol. The summed E-state index contributed by atoms with van der Waals surface area (Å²) in [7, 11) is 0. The first-order valence-electron chi connectivity index (χ1n) is 8.93. The average molecular weight is 286 g/mol. The maximum absolute atomic E-state index is 4.02. The number of benzene rings is 1. The lowest BCUT2D eigenvalue weighted by atomic mass is 9.97. The summed E-state index contributed by atoms with van der Waals surface area (Å²) in [6.45, 7) is 4.92. The fourth-order valence-corrected chi connectivity index (χ4v) is 4.17. The molecule has 2 nitrogen and oxygen atoms in total. The van der Waals surface area contributed by atoms with E-state index in [1.165, 1.54) is 63.6 Å². The van der Waals surface area contributed by atoms with Crippen LogP contribution in [-0.2, 0) is 0 Å². The van der Waals surface area contributed by atoms with Gasteiger partial charge in [0.2, 0.25) is 0 Å². The predicted molar refractivity (Wildman–Crippen MR) is 89.5 cm³/mol. The van der Waals surface area contributed by atoms with Crippen LogP contribution in [0.4, 0.5) is 0 Å². The summed E-state index contributed by atoms with van der Waals surface area (Å²) in [5, 5.41) is 4.02. The van der Waals surface area contributed by atoms with Gasteiger partial charge in [-0.1, -0.05) is 56.5 Å². The maximum Gasteiger partial charge on any atom is 0.0323 e. The van der Waals surface area contributed by atoms with Crippen molar-refractivity contribution in [3.8, 4) is 0 Å². The van der Waals surface area contributed by atoms with Crippen molar-refractivity contribution in [2.45, 2.75) is 70.0 Å². The molecule has 0 spiro atoms. The first-order valence-corrected chi connectivity index (χ1v) is 8.93. The number of fused-ring (bicyclic) bond motifs is 1. The third-order valence-corrected chi connectivity index (χ3v) is 5.32. The molecule has 0 radical (unpaired) electrons. The van der Waals surface area contributed by atoms with E-state index in [-0.39, 0.29) is 0 Å². The number of unbranched alkanes of at least 4 members (excludes halogenated alkanes) is 2. The Morgan fingerprint density at radius 2 is 2.00 bits per heavy atom. The molecule has 2 aliphatic heterocycles. The molecule has 2 aliphatic rings. The molecule has 1 aromatic rings. The Labute approximate surface area is 129 Å². The molecule has 1 aromatic carbocycles. The van der Waals surface area contributed by atoms with Crippen molar-refractivity contribution in [1.82, 2.24) is 10.2 Å². The lowest BCUT2D eigenvalue weighted by Crippen LogP contribution is -2.41. The second kappa shape index (κ2) is 7.42. The van der Waals surface area contributed by atoms with Crippen LogP contribution in [0, 0.1) is 0 Å². The minimum absolute atomic E-state index is 0.545. The van der Waals surface area contributed by atoms with Gasteiger partial charge in [0, 0.05) is 24.7 Å². The van der Waals surface area contributed by atoms with E-state index in [2.05, 4.69) is 47.5 Å². The van der Waals surface area contributed by atoms with E-state index in [0.29, 0.717) is 12.1 Å². The number of rotatable bonds is 7. The van der Waals surface area contributed by atoms with Crippen LogP contribution in [0.5, 0.6) is 0 Å². The Bertz CT molecular complexity index is 417. The standard InChI is InChI=1S/C19H30N2/c1-2-3-5-11-17(16-9-6-4-7-10-16)20-18-13-15-21-14-8-12-19(18)21/h4,6-7,9-10,17-20H,2-3,5,8,11-15H2,1H3. The van der Waals surface area contributed by atoms with Gasteiger partial charge in [0.1, 0.15) is 0 Å². The van der Waals surface area contributed by atoms with Gasteiger partial charge in [-0.05, 0) is 37.8 Å². The molecule has 0 aromatic heterocycles. The second-order valence-corrected chi connectivity index (χ2v) is 6.77. The van der Waals surface area contributed by atoms with Crippen LogP contribution in [0.25, 0.3) is 0 Å². The maximum atomic E-state index is 4.02. The molecule has 0 saturated carbocycles. The lowest BCUT2D eigenvalue weighted by molar-refractivity contribution is 0.285. The molecular formula is C19H30N2. The Kier molecular flexibility index (Phi) is 5.32. The summed E-state index contributed by atoms with van der Waals surface area (Å²) in [6.07, 6.45) is 9.41. The summed E-state index contributed by atoms with van der Waals surface area (Å²) in [6, 6.07) is 13.1. The second-order valence-electron chi connectivity index (χ2n) is 6.77. The van der Waals surface area contributed by atoms with Gasteiger partial charge in [-0.3, -0.25) is 4.90 Å². The summed E-state index contributed by atoms with van der Waals surface area (Å²) in [4.78, 5) is 2.70. The van der Waals surface area contributed by atoms with Gasteiger partial charge in [0.25, 0.3) is 0 Å². The highest BCUT2D eigenvalue weighted by atomic mass is 15.2. The van der Waals surface area contributed by atoms with Crippen LogP contribution in [0.2, 0.25) is 0 Å². The van der Waals surface area contributed by atoms with Crippen molar-refractivity contribution in [3.63, 3.8) is 0 Å². The van der Waals surface area contributed by atoms with Crippen molar-refractivity contribution >= 4 is 0 Å². The summed E-state index contributed by atoms with van der Waals surface area (Å²) < 4.78 is 0. The zero-order valence-corrected chi connectivity index (χ0v) is 13.4. The Balaban J connectivity index is 1.64. The smallest absolute Gasteiger partial charge is 0.0323 e. The van der Waals surface area contributed by atoms with E-state index in [0.717, 1.165) is 6.04 Å². The summed E-state index contributed by atoms with van der Waals surface area (Å²) >= 11 is 0. The Morgan fingerprint density at radius 1 is 1.14 bits per heavy atom. The first-order chi connectivity index (χ1) is 10.4. The van der Waals surface area contributed by atoms with E-state index in [9.17, 15) is 0 Å². The number of nitrogens with one attached hydrogen (secondary N) is 1. The van der Waals surface area contributed by atoms with Crippen molar-refractivity contribution < 1.29 is 0 Å². The molecule has 2 saturated heterocycles. The normalized spacial score (nSPS) is 26.9. The van der Waals surface area contributed by atoms with Crippen molar-refractivity contribution in [1.29, 1.82) is 0 Å². The third-order valence-electron chi connectivity index (χ3n) is 5.32. The molecule has 0 bridgehead atoms. The van der Waals surface area contributed by atoms with Gasteiger partial charge >= 0.3 is 0 Å². The molecule has 0 aliphatic carbocycles. The average Bonchev–Trinajstić information content (AvgIpc) is 3.12. The molecule has 21 heavy (non-hydrogen) atoms. The molecule has 3 rings (SSSR count). The molecule has 3 unspecified atom stereocenters. The van der Waals surface area contributed by atoms with E-state index in [1.54, 1.807) is 0 Å². The van der Waals surface area contributed by atoms with Gasteiger partial charge in [-0.15, -0.1) is 0 Å². The topological polar surface area (TPSA) is 15.3 Å². The van der Waals surface area contributed by atoms with Crippen LogP contribution in [0.1, 0.15) is 63.5 Å². The van der Waals surface area contributed by atoms with E-state index < -0.39 is 0 Å². The number of hydrogen-bond donors (Lipinski definition) is 1. The van der Waals surface area contributed by atoms with Crippen molar-refractivity contribution in [3.05, 3.63) is 35.9 Å². The van der Waals surface area contributed by atoms with Crippen molar-refractivity contribution in [2.75, 3.05) is 13.1 Å². The van der Waals surface area contributed by atoms with Crippen LogP contribution < -0.4 is 5.32 Å². The van der Waals surface area contributed by atoms with Crippen LogP contribution in [-0.4, -0.2) is 30.1 Å². The van der Waals surface area contributed by atoms with Crippen LogP contribution >= 0.6 is 0 Å². The largest absolute Gasteiger partial charge is 0.306 e. The lowest BCUT2D eigenvalue weighted by Gasteiger charge is -2.27. The molecule has 2 fully saturated rings. The fraction of sp³-hybridized carbons (Fsp3) is 0.684. The van der Waals surface area contributed by atoms with E-state index in [1.807, 2.05) is 0 Å². The van der Waals surface area contributed by atoms with Crippen LogP contribution in [0.15, 0.2) is 30.3 Å². The molecule has 2 heterocycles. The predicted octanol–water partition coefficient (Wildman–Crippen LogP) is 4.13. The highest BCUT2D eigenvalue weighted by Gasteiger charge is 2.37. The van der Waals surface area contributed by atoms with Gasteiger partial charge in [-0.2, -0.15) is 0 Å². The molecule has 116 valence electrons. The minimum atomic E-state index is 0.545. The Hall–Kier alpha value is -0.860. The molecule has 3 atom stereocenters. The Morgan fingerprint density at radius 3 is 2.81 bits per heavy atom. The zero-order valence-electron chi connectivity index (χ0n) is 13.4. The van der Waals surface area contributed by atoms with Gasteiger partial charge < -0.3 is 5.32 Å². The quantitative estimate of drug-likeness (QED) is 0.758. The first kappa shape index (κ1) is 15.1. The van der Waals surface area contributed by atoms with Gasteiger partial charge in [0.15, 0.2) is 0 Å². The molecular weight excluding hydrogens is 256 g/mol. The molecule has 0 amide bonds. The van der Waals surface area contributed by atoms with Crippen molar-refractivity contribution in [2.24, 2.45) is 0 Å². The third kappa shape index (κ3) is 3.67. The number of hydrogen-bond acceptors (Lipinski definition) is 2.